The topological polar surface area (TPSA) is 69.6 Å². The lowest BCUT2D eigenvalue weighted by molar-refractivity contribution is 0.0527. The number of aromatic nitrogens is 1. The molecule has 1 amide bonds. The summed E-state index contributed by atoms with van der Waals surface area (Å²) >= 11 is 0. The van der Waals surface area contributed by atoms with Crippen LogP contribution in [0.5, 0.6) is 5.75 Å². The number of ether oxygens (including phenoxy) is 2. The molecule has 6 nitrogen and oxygen atoms in total. The lowest BCUT2D eigenvalue weighted by atomic mass is 10.1. The van der Waals surface area contributed by atoms with Crippen molar-refractivity contribution in [1.82, 2.24) is 4.57 Å². The molecule has 0 saturated carbocycles. The van der Waals surface area contributed by atoms with E-state index in [1.807, 2.05) is 30.7 Å². The second kappa shape index (κ2) is 7.53. The largest absolute Gasteiger partial charge is 0.495 e. The van der Waals surface area contributed by atoms with E-state index in [-0.39, 0.29) is 12.5 Å². The zero-order valence-corrected chi connectivity index (χ0v) is 15.8. The van der Waals surface area contributed by atoms with E-state index in [1.54, 1.807) is 37.3 Å². The van der Waals surface area contributed by atoms with E-state index in [0.29, 0.717) is 28.0 Å². The summed E-state index contributed by atoms with van der Waals surface area (Å²) in [6, 6.07) is 12.5. The first kappa shape index (κ1) is 18.5. The molecule has 1 heterocycles. The smallest absolute Gasteiger partial charge is 0.340 e. The van der Waals surface area contributed by atoms with Gasteiger partial charge in [-0.05, 0) is 38.1 Å². The van der Waals surface area contributed by atoms with Crippen LogP contribution in [0.15, 0.2) is 42.5 Å². The summed E-state index contributed by atoms with van der Waals surface area (Å²) in [5.74, 6) is -0.232. The number of fused-ring (bicyclic) bond motifs is 1. The van der Waals surface area contributed by atoms with Crippen molar-refractivity contribution in [3.05, 3.63) is 59.3 Å². The van der Waals surface area contributed by atoms with Gasteiger partial charge in [-0.3, -0.25) is 4.79 Å². The van der Waals surface area contributed by atoms with Gasteiger partial charge in [0.1, 0.15) is 5.75 Å². The van der Waals surface area contributed by atoms with E-state index in [0.717, 1.165) is 11.2 Å². The number of amides is 1. The lowest BCUT2D eigenvalue weighted by Crippen LogP contribution is -2.14. The van der Waals surface area contributed by atoms with Crippen LogP contribution in [0.4, 0.5) is 5.69 Å². The average molecular weight is 366 g/mol. The van der Waals surface area contributed by atoms with Gasteiger partial charge in [0.05, 0.1) is 30.5 Å². The number of esters is 1. The van der Waals surface area contributed by atoms with Crippen LogP contribution in [0.1, 0.15) is 33.3 Å². The minimum atomic E-state index is -0.427. The Hall–Kier alpha value is -3.28. The highest BCUT2D eigenvalue weighted by atomic mass is 16.5. The third-order valence-electron chi connectivity index (χ3n) is 4.60. The molecule has 2 aromatic carbocycles. The van der Waals surface area contributed by atoms with Gasteiger partial charge in [-0.1, -0.05) is 18.2 Å². The Morgan fingerprint density at radius 2 is 1.81 bits per heavy atom. The number of aryl methyl sites for hydroxylation is 1. The number of rotatable bonds is 5. The molecule has 0 unspecified atom stereocenters. The van der Waals surface area contributed by atoms with Crippen LogP contribution in [0.25, 0.3) is 10.9 Å². The zero-order valence-electron chi connectivity index (χ0n) is 15.8. The number of anilines is 1. The number of benzene rings is 2. The van der Waals surface area contributed by atoms with Gasteiger partial charge < -0.3 is 19.4 Å². The van der Waals surface area contributed by atoms with Crippen LogP contribution < -0.4 is 10.1 Å². The molecule has 3 aromatic rings. The molecule has 0 fully saturated rings. The van der Waals surface area contributed by atoms with Crippen LogP contribution in [-0.4, -0.2) is 30.2 Å². The molecule has 1 aromatic heterocycles. The molecule has 0 atom stereocenters. The van der Waals surface area contributed by atoms with E-state index in [2.05, 4.69) is 5.32 Å². The Bertz CT molecular complexity index is 1010. The first-order valence-electron chi connectivity index (χ1n) is 8.69. The van der Waals surface area contributed by atoms with Crippen LogP contribution >= 0.6 is 0 Å². The predicted molar refractivity (Wildman–Crippen MR) is 105 cm³/mol. The van der Waals surface area contributed by atoms with Crippen molar-refractivity contribution < 1.29 is 19.1 Å². The highest BCUT2D eigenvalue weighted by Crippen LogP contribution is 2.38. The fourth-order valence-corrected chi connectivity index (χ4v) is 3.16. The second-order valence-electron chi connectivity index (χ2n) is 6.10. The highest BCUT2D eigenvalue weighted by molar-refractivity contribution is 6.16. The molecule has 0 aliphatic carbocycles. The normalized spacial score (nSPS) is 10.7. The van der Waals surface area contributed by atoms with Gasteiger partial charge in [0, 0.05) is 23.7 Å². The summed E-state index contributed by atoms with van der Waals surface area (Å²) in [4.78, 5) is 25.3. The molecule has 27 heavy (non-hydrogen) atoms. The maximum absolute atomic E-state index is 12.7. The Morgan fingerprint density at radius 1 is 1.11 bits per heavy atom. The standard InChI is InChI=1S/C21H22N2O4/c1-5-27-21(25)17-13(2)23(3)15-11-12-16(26-4)19(18(15)17)22-20(24)14-9-7-6-8-10-14/h6-12H,5H2,1-4H3,(H,22,24). The van der Waals surface area contributed by atoms with E-state index in [9.17, 15) is 9.59 Å². The van der Waals surface area contributed by atoms with Gasteiger partial charge in [-0.25, -0.2) is 4.79 Å². The van der Waals surface area contributed by atoms with Crippen LogP contribution in [-0.2, 0) is 11.8 Å². The molecule has 1 N–H and O–H groups in total. The van der Waals surface area contributed by atoms with E-state index in [4.69, 9.17) is 9.47 Å². The number of carbonyl (C=O) groups excluding carboxylic acids is 2. The SMILES string of the molecule is CCOC(=O)c1c(C)n(C)c2ccc(OC)c(NC(=O)c3ccccc3)c12. The first-order valence-corrected chi connectivity index (χ1v) is 8.69. The van der Waals surface area contributed by atoms with Crippen molar-refractivity contribution in [3.63, 3.8) is 0 Å². The third-order valence-corrected chi connectivity index (χ3v) is 4.60. The lowest BCUT2D eigenvalue weighted by Gasteiger charge is -2.13. The molecular weight excluding hydrogens is 344 g/mol. The quantitative estimate of drug-likeness (QED) is 0.695. The number of carbonyl (C=O) groups is 2. The minimum absolute atomic E-state index is 0.268. The number of hydrogen-bond acceptors (Lipinski definition) is 4. The Balaban J connectivity index is 2.22. The van der Waals surface area contributed by atoms with Gasteiger partial charge in [0.25, 0.3) is 5.91 Å². The van der Waals surface area contributed by atoms with E-state index < -0.39 is 5.97 Å². The van der Waals surface area contributed by atoms with Crippen LogP contribution in [0, 0.1) is 6.92 Å². The fourth-order valence-electron chi connectivity index (χ4n) is 3.16. The van der Waals surface area contributed by atoms with Gasteiger partial charge in [0.15, 0.2) is 0 Å². The number of nitrogens with one attached hydrogen (secondary N) is 1. The van der Waals surface area contributed by atoms with Crippen molar-refractivity contribution >= 4 is 28.5 Å². The molecule has 0 aliphatic heterocycles. The molecule has 0 spiro atoms. The molecular formula is C21H22N2O4. The Kier molecular flexibility index (Phi) is 5.16. The highest BCUT2D eigenvalue weighted by Gasteiger charge is 2.25. The summed E-state index contributed by atoms with van der Waals surface area (Å²) in [7, 11) is 3.40. The van der Waals surface area contributed by atoms with Gasteiger partial charge in [-0.15, -0.1) is 0 Å². The summed E-state index contributed by atoms with van der Waals surface area (Å²) in [5, 5.41) is 3.52. The van der Waals surface area contributed by atoms with Crippen molar-refractivity contribution in [3.8, 4) is 5.75 Å². The Morgan fingerprint density at radius 3 is 2.44 bits per heavy atom. The molecule has 0 saturated heterocycles. The maximum Gasteiger partial charge on any atom is 0.340 e. The van der Waals surface area contributed by atoms with Crippen molar-refractivity contribution in [2.45, 2.75) is 13.8 Å². The Labute approximate surface area is 157 Å². The summed E-state index contributed by atoms with van der Waals surface area (Å²) in [6.07, 6.45) is 0. The fraction of sp³-hybridized carbons (Fsp3) is 0.238. The second-order valence-corrected chi connectivity index (χ2v) is 6.10. The predicted octanol–water partition coefficient (Wildman–Crippen LogP) is 3.92. The summed E-state index contributed by atoms with van der Waals surface area (Å²) in [5.41, 5.74) is 2.96. The number of hydrogen-bond donors (Lipinski definition) is 1. The number of nitrogens with zero attached hydrogens (tertiary/aromatic N) is 1. The number of methoxy groups -OCH3 is 1. The van der Waals surface area contributed by atoms with Gasteiger partial charge in [0.2, 0.25) is 0 Å². The third kappa shape index (κ3) is 3.26. The van der Waals surface area contributed by atoms with E-state index >= 15 is 0 Å². The zero-order chi connectivity index (χ0) is 19.6. The van der Waals surface area contributed by atoms with Gasteiger partial charge in [-0.2, -0.15) is 0 Å². The van der Waals surface area contributed by atoms with E-state index in [1.165, 1.54) is 7.11 Å². The van der Waals surface area contributed by atoms with Gasteiger partial charge >= 0.3 is 5.97 Å². The van der Waals surface area contributed by atoms with Crippen molar-refractivity contribution in [2.24, 2.45) is 7.05 Å². The molecule has 0 bridgehead atoms. The van der Waals surface area contributed by atoms with Crippen molar-refractivity contribution in [1.29, 1.82) is 0 Å². The summed E-state index contributed by atoms with van der Waals surface area (Å²) < 4.78 is 12.6. The first-order chi connectivity index (χ1) is 13.0. The average Bonchev–Trinajstić information content (AvgIpc) is 2.94. The van der Waals surface area contributed by atoms with Crippen LogP contribution in [0.3, 0.4) is 0 Å². The minimum Gasteiger partial charge on any atom is -0.495 e. The molecule has 6 heteroatoms. The molecule has 3 rings (SSSR count). The maximum atomic E-state index is 12.7. The molecule has 0 aliphatic rings. The van der Waals surface area contributed by atoms with Crippen LogP contribution in [0.2, 0.25) is 0 Å². The molecule has 0 radical (unpaired) electrons. The molecule has 140 valence electrons. The monoisotopic (exact) mass is 366 g/mol. The van der Waals surface area contributed by atoms with Crippen molar-refractivity contribution in [2.75, 3.05) is 19.0 Å². The summed E-state index contributed by atoms with van der Waals surface area (Å²) in [6.45, 7) is 3.88.